The smallest absolute Gasteiger partial charge is 0.134 e. The van der Waals surface area contributed by atoms with Crippen LogP contribution in [-0.4, -0.2) is 36.2 Å². The zero-order valence-electron chi connectivity index (χ0n) is 13.6. The molecule has 1 saturated carbocycles. The lowest BCUT2D eigenvalue weighted by Crippen LogP contribution is -2.47. The van der Waals surface area contributed by atoms with Gasteiger partial charge in [-0.15, -0.1) is 24.8 Å². The van der Waals surface area contributed by atoms with Gasteiger partial charge in [-0.05, 0) is 46.8 Å². The highest BCUT2D eigenvalue weighted by molar-refractivity contribution is 9.11. The van der Waals surface area contributed by atoms with Crippen molar-refractivity contribution >= 4 is 56.7 Å². The number of hydrogen-bond donors (Lipinski definition) is 2. The van der Waals surface area contributed by atoms with Gasteiger partial charge in [-0.3, -0.25) is 4.90 Å². The largest absolute Gasteiger partial charge is 0.506 e. The van der Waals surface area contributed by atoms with Crippen LogP contribution in [0.2, 0.25) is 0 Å². The minimum atomic E-state index is 0. The van der Waals surface area contributed by atoms with Crippen molar-refractivity contribution in [2.24, 2.45) is 5.92 Å². The second-order valence-electron chi connectivity index (χ2n) is 6.45. The molecule has 1 aliphatic carbocycles. The first-order chi connectivity index (χ1) is 10.7. The van der Waals surface area contributed by atoms with E-state index in [1.807, 2.05) is 6.07 Å². The van der Waals surface area contributed by atoms with Gasteiger partial charge in [0.2, 0.25) is 0 Å². The lowest BCUT2D eigenvalue weighted by molar-refractivity contribution is 0.101. The van der Waals surface area contributed by atoms with Gasteiger partial charge in [-0.25, -0.2) is 0 Å². The number of aromatic hydroxyl groups is 1. The number of phenols is 1. The Morgan fingerprint density at radius 1 is 1.04 bits per heavy atom. The summed E-state index contributed by atoms with van der Waals surface area (Å²) in [7, 11) is 0. The average Bonchev–Trinajstić information content (AvgIpc) is 2.54. The number of hydrogen-bond acceptors (Lipinski definition) is 3. The minimum Gasteiger partial charge on any atom is -0.506 e. The number of piperazine rings is 1. The number of benzene rings is 1. The molecule has 3 rings (SSSR count). The molecule has 138 valence electrons. The normalized spacial score (nSPS) is 20.8. The number of phenolic OH excluding ortho intramolecular Hbond substituents is 1. The highest BCUT2D eigenvalue weighted by Gasteiger charge is 2.33. The molecule has 1 aliphatic heterocycles. The molecule has 1 saturated heterocycles. The zero-order chi connectivity index (χ0) is 15.5. The maximum atomic E-state index is 10.6. The molecule has 2 fully saturated rings. The van der Waals surface area contributed by atoms with Crippen LogP contribution in [0.15, 0.2) is 21.1 Å². The second kappa shape index (κ2) is 10.6. The van der Waals surface area contributed by atoms with Gasteiger partial charge < -0.3 is 10.4 Å². The molecule has 3 nitrogen and oxygen atoms in total. The highest BCUT2D eigenvalue weighted by Crippen LogP contribution is 2.44. The number of nitrogens with one attached hydrogen (secondary N) is 1. The van der Waals surface area contributed by atoms with Crippen molar-refractivity contribution in [2.75, 3.05) is 26.2 Å². The van der Waals surface area contributed by atoms with Crippen LogP contribution in [0.5, 0.6) is 5.75 Å². The Kier molecular flexibility index (Phi) is 9.93. The van der Waals surface area contributed by atoms with Crippen molar-refractivity contribution in [1.29, 1.82) is 0 Å². The SMILES string of the molecule is Cl.Cl.Oc1c(Br)cc(Br)cc1[C@H](C1CCCCC1)N1CCNCC1. The van der Waals surface area contributed by atoms with E-state index in [1.54, 1.807) is 0 Å². The summed E-state index contributed by atoms with van der Waals surface area (Å²) in [6, 6.07) is 4.37. The predicted molar refractivity (Wildman–Crippen MR) is 112 cm³/mol. The first-order valence-corrected chi connectivity index (χ1v) is 9.88. The summed E-state index contributed by atoms with van der Waals surface area (Å²) in [4.78, 5) is 2.57. The van der Waals surface area contributed by atoms with E-state index >= 15 is 0 Å². The van der Waals surface area contributed by atoms with E-state index in [9.17, 15) is 5.11 Å². The van der Waals surface area contributed by atoms with E-state index in [4.69, 9.17) is 0 Å². The maximum absolute atomic E-state index is 10.6. The Morgan fingerprint density at radius 3 is 2.29 bits per heavy atom. The van der Waals surface area contributed by atoms with Crippen LogP contribution in [0.25, 0.3) is 0 Å². The fourth-order valence-electron chi connectivity index (χ4n) is 3.97. The molecular formula is C17H26Br2Cl2N2O. The Balaban J connectivity index is 0.00000144. The standard InChI is InChI=1S/C17H24Br2N2O.2ClH/c18-13-10-14(17(22)15(19)11-13)16(12-4-2-1-3-5-12)21-8-6-20-7-9-21;;/h10-12,16,20,22H,1-9H2;2*1H/t16-;;/m0../s1. The van der Waals surface area contributed by atoms with E-state index < -0.39 is 0 Å². The van der Waals surface area contributed by atoms with E-state index in [2.05, 4.69) is 48.1 Å². The van der Waals surface area contributed by atoms with Crippen LogP contribution in [0.3, 0.4) is 0 Å². The van der Waals surface area contributed by atoms with Crippen LogP contribution in [0.1, 0.15) is 43.7 Å². The van der Waals surface area contributed by atoms with Gasteiger partial charge in [0.1, 0.15) is 5.75 Å². The fraction of sp³-hybridized carbons (Fsp3) is 0.647. The van der Waals surface area contributed by atoms with Crippen molar-refractivity contribution in [1.82, 2.24) is 10.2 Å². The Hall–Kier alpha value is 0.480. The quantitative estimate of drug-likeness (QED) is 0.587. The monoisotopic (exact) mass is 502 g/mol. The zero-order valence-corrected chi connectivity index (χ0v) is 18.4. The molecule has 0 bridgehead atoms. The van der Waals surface area contributed by atoms with Crippen molar-refractivity contribution in [3.8, 4) is 5.75 Å². The first-order valence-electron chi connectivity index (χ1n) is 8.29. The molecular weight excluding hydrogens is 479 g/mol. The summed E-state index contributed by atoms with van der Waals surface area (Å²) in [5.74, 6) is 1.07. The van der Waals surface area contributed by atoms with E-state index in [1.165, 1.54) is 32.1 Å². The van der Waals surface area contributed by atoms with Gasteiger partial charge in [0.25, 0.3) is 0 Å². The van der Waals surface area contributed by atoms with Crippen molar-refractivity contribution in [3.63, 3.8) is 0 Å². The molecule has 0 aromatic heterocycles. The molecule has 24 heavy (non-hydrogen) atoms. The first kappa shape index (κ1) is 22.5. The molecule has 1 aromatic carbocycles. The summed E-state index contributed by atoms with van der Waals surface area (Å²) in [5, 5.41) is 14.1. The van der Waals surface area contributed by atoms with E-state index in [0.29, 0.717) is 17.7 Å². The fourth-order valence-corrected chi connectivity index (χ4v) is 5.23. The van der Waals surface area contributed by atoms with Gasteiger partial charge >= 0.3 is 0 Å². The lowest BCUT2D eigenvalue weighted by Gasteiger charge is -2.41. The number of nitrogens with zero attached hydrogens (tertiary/aromatic N) is 1. The topological polar surface area (TPSA) is 35.5 Å². The van der Waals surface area contributed by atoms with Crippen molar-refractivity contribution in [3.05, 3.63) is 26.6 Å². The third kappa shape index (κ3) is 5.24. The van der Waals surface area contributed by atoms with Crippen molar-refractivity contribution in [2.45, 2.75) is 38.1 Å². The third-order valence-corrected chi connectivity index (χ3v) is 6.08. The predicted octanol–water partition coefficient (Wildman–Crippen LogP) is 5.29. The molecule has 1 heterocycles. The molecule has 0 radical (unpaired) electrons. The summed E-state index contributed by atoms with van der Waals surface area (Å²) in [5.41, 5.74) is 1.08. The average molecular weight is 505 g/mol. The minimum absolute atomic E-state index is 0. The molecule has 7 heteroatoms. The molecule has 0 spiro atoms. The summed E-state index contributed by atoms with van der Waals surface area (Å²) < 4.78 is 1.82. The number of halogens is 4. The molecule has 2 N–H and O–H groups in total. The van der Waals surface area contributed by atoms with Gasteiger partial charge in [0.05, 0.1) is 4.47 Å². The van der Waals surface area contributed by atoms with Gasteiger partial charge in [-0.1, -0.05) is 35.2 Å². The summed E-state index contributed by atoms with van der Waals surface area (Å²) in [6.45, 7) is 4.20. The number of rotatable bonds is 3. The molecule has 2 aliphatic rings. The molecule has 0 unspecified atom stereocenters. The van der Waals surface area contributed by atoms with Gasteiger partial charge in [0, 0.05) is 42.3 Å². The van der Waals surface area contributed by atoms with Crippen LogP contribution < -0.4 is 5.32 Å². The summed E-state index contributed by atoms with van der Waals surface area (Å²) in [6.07, 6.45) is 6.56. The van der Waals surface area contributed by atoms with E-state index in [0.717, 1.165) is 40.7 Å². The van der Waals surface area contributed by atoms with Crippen LogP contribution in [-0.2, 0) is 0 Å². The summed E-state index contributed by atoms with van der Waals surface area (Å²) >= 11 is 7.09. The lowest BCUT2D eigenvalue weighted by atomic mass is 9.80. The molecule has 1 atom stereocenters. The van der Waals surface area contributed by atoms with Crippen LogP contribution >= 0.6 is 56.7 Å². The van der Waals surface area contributed by atoms with Gasteiger partial charge in [-0.2, -0.15) is 0 Å². The Bertz CT molecular complexity index is 504. The Morgan fingerprint density at radius 2 is 1.67 bits per heavy atom. The highest BCUT2D eigenvalue weighted by atomic mass is 79.9. The van der Waals surface area contributed by atoms with Gasteiger partial charge in [0.15, 0.2) is 0 Å². The van der Waals surface area contributed by atoms with Crippen molar-refractivity contribution < 1.29 is 5.11 Å². The maximum Gasteiger partial charge on any atom is 0.134 e. The van der Waals surface area contributed by atoms with E-state index in [-0.39, 0.29) is 24.8 Å². The van der Waals surface area contributed by atoms with Crippen LogP contribution in [0, 0.1) is 5.92 Å². The Labute approximate surface area is 174 Å². The van der Waals surface area contributed by atoms with Crippen LogP contribution in [0.4, 0.5) is 0 Å². The third-order valence-electron chi connectivity index (χ3n) is 5.02. The molecule has 0 amide bonds. The molecule has 1 aromatic rings. The second-order valence-corrected chi connectivity index (χ2v) is 8.22.